The number of methoxy groups -OCH3 is 1. The molecule has 0 saturated heterocycles. The van der Waals surface area contributed by atoms with Crippen molar-refractivity contribution in [2.45, 2.75) is 13.3 Å². The number of aromatic nitrogens is 1. The molecule has 4 N–H and O–H groups in total. The van der Waals surface area contributed by atoms with E-state index in [9.17, 15) is 0 Å². The second kappa shape index (κ2) is 8.60. The molecule has 0 saturated carbocycles. The molecular weight excluding hydrogens is 362 g/mol. The highest BCUT2D eigenvalue weighted by atomic mass is 35.5. The lowest BCUT2D eigenvalue weighted by Crippen LogP contribution is -2.28. The van der Waals surface area contributed by atoms with E-state index in [1.54, 1.807) is 7.11 Å². The van der Waals surface area contributed by atoms with Crippen LogP contribution < -0.4 is 15.9 Å². The van der Waals surface area contributed by atoms with Gasteiger partial charge in [-0.2, -0.15) is 5.10 Å². The molecular formula is C20H22ClN5O. The molecule has 3 rings (SSSR count). The number of aliphatic imine (C=N–C) groups is 1. The molecule has 1 aromatic heterocycles. The van der Waals surface area contributed by atoms with Gasteiger partial charge >= 0.3 is 0 Å². The number of rotatable bonds is 6. The molecule has 7 heteroatoms. The summed E-state index contributed by atoms with van der Waals surface area (Å²) in [6.07, 6.45) is 2.70. The van der Waals surface area contributed by atoms with Crippen LogP contribution in [0.3, 0.4) is 0 Å². The topological polar surface area (TPSA) is 87.8 Å². The molecule has 0 aliphatic rings. The largest absolute Gasteiger partial charge is 0.497 e. The average molecular weight is 384 g/mol. The van der Waals surface area contributed by atoms with Crippen molar-refractivity contribution in [3.8, 4) is 5.75 Å². The summed E-state index contributed by atoms with van der Waals surface area (Å²) in [5, 5.41) is 6.10. The summed E-state index contributed by atoms with van der Waals surface area (Å²) in [5.41, 5.74) is 12.7. The number of ether oxygens (including phenoxy) is 1. The molecule has 1 heterocycles. The van der Waals surface area contributed by atoms with Gasteiger partial charge in [-0.1, -0.05) is 23.7 Å². The lowest BCUT2D eigenvalue weighted by atomic mass is 10.1. The fourth-order valence-corrected chi connectivity index (χ4v) is 2.85. The monoisotopic (exact) mass is 383 g/mol. The highest BCUT2D eigenvalue weighted by Gasteiger charge is 2.08. The maximum absolute atomic E-state index is 5.90. The number of hydrogen-bond donors (Lipinski definition) is 3. The maximum Gasteiger partial charge on any atom is 0.209 e. The lowest BCUT2D eigenvalue weighted by Gasteiger charge is -2.04. The Labute approximate surface area is 163 Å². The molecule has 3 aromatic rings. The number of halogens is 1. The number of benzene rings is 2. The van der Waals surface area contributed by atoms with Crippen molar-refractivity contribution in [1.29, 1.82) is 0 Å². The quantitative estimate of drug-likeness (QED) is 0.344. The van der Waals surface area contributed by atoms with Gasteiger partial charge in [-0.05, 0) is 49.2 Å². The average Bonchev–Trinajstić information content (AvgIpc) is 3.10. The van der Waals surface area contributed by atoms with Crippen molar-refractivity contribution in [3.05, 3.63) is 64.8 Å². The first kappa shape index (κ1) is 18.8. The smallest absolute Gasteiger partial charge is 0.209 e. The normalized spacial score (nSPS) is 12.4. The summed E-state index contributed by atoms with van der Waals surface area (Å²) in [4.78, 5) is 7.53. The molecule has 27 heavy (non-hydrogen) atoms. The fraction of sp³-hybridized carbons (Fsp3) is 0.200. The van der Waals surface area contributed by atoms with Gasteiger partial charge in [-0.15, -0.1) is 0 Å². The minimum absolute atomic E-state index is 0.278. The van der Waals surface area contributed by atoms with Crippen molar-refractivity contribution in [3.63, 3.8) is 0 Å². The zero-order valence-corrected chi connectivity index (χ0v) is 16.0. The predicted molar refractivity (Wildman–Crippen MR) is 112 cm³/mol. The van der Waals surface area contributed by atoms with E-state index < -0.39 is 0 Å². The molecule has 0 unspecified atom stereocenters. The van der Waals surface area contributed by atoms with Crippen LogP contribution >= 0.6 is 11.6 Å². The molecule has 0 aliphatic heterocycles. The van der Waals surface area contributed by atoms with Crippen LogP contribution in [0.2, 0.25) is 5.02 Å². The third kappa shape index (κ3) is 4.80. The zero-order chi connectivity index (χ0) is 19.2. The van der Waals surface area contributed by atoms with Crippen LogP contribution in [0.15, 0.2) is 58.8 Å². The molecule has 0 radical (unpaired) electrons. The van der Waals surface area contributed by atoms with Gasteiger partial charge in [0.2, 0.25) is 5.96 Å². The summed E-state index contributed by atoms with van der Waals surface area (Å²) in [6.45, 7) is 2.48. The number of aromatic amines is 1. The molecule has 140 valence electrons. The minimum atomic E-state index is 0.278. The van der Waals surface area contributed by atoms with E-state index in [2.05, 4.69) is 20.5 Å². The van der Waals surface area contributed by atoms with Crippen LogP contribution in [0.4, 0.5) is 0 Å². The van der Waals surface area contributed by atoms with Crippen molar-refractivity contribution < 1.29 is 4.74 Å². The first-order valence-corrected chi connectivity index (χ1v) is 8.95. The summed E-state index contributed by atoms with van der Waals surface area (Å²) >= 11 is 5.88. The Hall–Kier alpha value is -2.99. The van der Waals surface area contributed by atoms with Gasteiger partial charge in [0.05, 0.1) is 12.8 Å². The molecule has 2 aromatic carbocycles. The van der Waals surface area contributed by atoms with Crippen molar-refractivity contribution >= 4 is 34.2 Å². The summed E-state index contributed by atoms with van der Waals surface area (Å²) < 4.78 is 5.30. The Balaban J connectivity index is 1.63. The Morgan fingerprint density at radius 1 is 1.22 bits per heavy atom. The van der Waals surface area contributed by atoms with Crippen LogP contribution in [0.25, 0.3) is 10.9 Å². The number of hydrazone groups is 1. The first-order chi connectivity index (χ1) is 13.1. The van der Waals surface area contributed by atoms with Gasteiger partial charge in [0.25, 0.3) is 0 Å². The molecule has 6 nitrogen and oxygen atoms in total. The van der Waals surface area contributed by atoms with Crippen LogP contribution in [0.5, 0.6) is 5.75 Å². The fourth-order valence-electron chi connectivity index (χ4n) is 2.72. The molecule has 0 bridgehead atoms. The van der Waals surface area contributed by atoms with Crippen molar-refractivity contribution in [2.24, 2.45) is 15.8 Å². The van der Waals surface area contributed by atoms with Crippen molar-refractivity contribution in [2.75, 3.05) is 13.7 Å². The zero-order valence-electron chi connectivity index (χ0n) is 15.3. The number of fused-ring (bicyclic) bond motifs is 1. The maximum atomic E-state index is 5.90. The number of hydrogen-bond acceptors (Lipinski definition) is 3. The van der Waals surface area contributed by atoms with Gasteiger partial charge in [-0.25, -0.2) is 5.43 Å². The minimum Gasteiger partial charge on any atom is -0.497 e. The number of guanidine groups is 1. The van der Waals surface area contributed by atoms with Gasteiger partial charge in [0, 0.05) is 34.2 Å². The third-order valence-corrected chi connectivity index (χ3v) is 4.46. The molecule has 0 aliphatic carbocycles. The predicted octanol–water partition coefficient (Wildman–Crippen LogP) is 3.70. The number of H-pyrrole nitrogens is 1. The number of nitrogens with two attached hydrogens (primary N) is 1. The summed E-state index contributed by atoms with van der Waals surface area (Å²) in [5.74, 6) is 1.08. The second-order valence-electron chi connectivity index (χ2n) is 6.07. The van der Waals surface area contributed by atoms with E-state index in [4.69, 9.17) is 22.1 Å². The van der Waals surface area contributed by atoms with Crippen molar-refractivity contribution in [1.82, 2.24) is 10.4 Å². The lowest BCUT2D eigenvalue weighted by molar-refractivity contribution is 0.415. The molecule has 0 atom stereocenters. The molecule has 0 spiro atoms. The highest BCUT2D eigenvalue weighted by molar-refractivity contribution is 6.30. The van der Waals surface area contributed by atoms with Gasteiger partial charge in [0.15, 0.2) is 0 Å². The van der Waals surface area contributed by atoms with Crippen LogP contribution in [0.1, 0.15) is 18.1 Å². The van der Waals surface area contributed by atoms with E-state index in [-0.39, 0.29) is 5.96 Å². The number of nitrogens with zero attached hydrogens (tertiary/aromatic N) is 2. The second-order valence-corrected chi connectivity index (χ2v) is 6.50. The Kier molecular flexibility index (Phi) is 5.98. The van der Waals surface area contributed by atoms with E-state index >= 15 is 0 Å². The van der Waals surface area contributed by atoms with E-state index in [0.717, 1.165) is 44.9 Å². The Morgan fingerprint density at radius 2 is 2.00 bits per heavy atom. The van der Waals surface area contributed by atoms with E-state index in [1.807, 2.05) is 55.6 Å². The Morgan fingerprint density at radius 3 is 2.74 bits per heavy atom. The van der Waals surface area contributed by atoms with Crippen LogP contribution in [0, 0.1) is 0 Å². The molecule has 0 amide bonds. The van der Waals surface area contributed by atoms with E-state index in [1.165, 1.54) is 0 Å². The van der Waals surface area contributed by atoms with E-state index in [0.29, 0.717) is 6.54 Å². The standard InChI is InChI=1S/C20H22ClN5O/c1-13(18-12-24-19-8-7-16(27-2)11-17(18)19)25-26-20(22)23-10-9-14-3-5-15(21)6-4-14/h3-8,11-12,24H,9-10H2,1-2H3,(H3,22,23,26)/b25-13+. The highest BCUT2D eigenvalue weighted by Crippen LogP contribution is 2.24. The summed E-state index contributed by atoms with van der Waals surface area (Å²) in [6, 6.07) is 13.6. The van der Waals surface area contributed by atoms with Gasteiger partial charge in [-0.3, -0.25) is 4.99 Å². The third-order valence-electron chi connectivity index (χ3n) is 4.21. The van der Waals surface area contributed by atoms with Crippen LogP contribution in [-0.4, -0.2) is 30.3 Å². The Bertz CT molecular complexity index is 976. The summed E-state index contributed by atoms with van der Waals surface area (Å²) in [7, 11) is 1.65. The molecule has 0 fully saturated rings. The SMILES string of the molecule is COc1ccc2[nH]cc(/C(C)=N/NC(N)=NCCc3ccc(Cl)cc3)c2c1. The number of nitrogens with one attached hydrogen (secondary N) is 2. The van der Waals surface area contributed by atoms with Gasteiger partial charge in [0.1, 0.15) is 5.75 Å². The van der Waals surface area contributed by atoms with Crippen LogP contribution in [-0.2, 0) is 6.42 Å². The van der Waals surface area contributed by atoms with Gasteiger partial charge < -0.3 is 15.5 Å². The first-order valence-electron chi connectivity index (χ1n) is 8.57.